The van der Waals surface area contributed by atoms with Crippen molar-refractivity contribution in [3.05, 3.63) is 34.6 Å². The predicted octanol–water partition coefficient (Wildman–Crippen LogP) is 3.54. The quantitative estimate of drug-likeness (QED) is 0.706. The first-order valence-electron chi connectivity index (χ1n) is 7.75. The van der Waals surface area contributed by atoms with E-state index >= 15 is 0 Å². The van der Waals surface area contributed by atoms with Crippen LogP contribution in [0.1, 0.15) is 11.4 Å². The molecule has 0 fully saturated rings. The van der Waals surface area contributed by atoms with E-state index < -0.39 is 0 Å². The van der Waals surface area contributed by atoms with Gasteiger partial charge in [0, 0.05) is 25.0 Å². The molecule has 0 saturated carbocycles. The fourth-order valence-corrected chi connectivity index (χ4v) is 3.43. The Morgan fingerprint density at radius 2 is 2.12 bits per heavy atom. The summed E-state index contributed by atoms with van der Waals surface area (Å²) in [7, 11) is 3.21. The Balaban J connectivity index is 1.98. The number of thioether (sulfide) groups is 1. The molecule has 1 heterocycles. The Morgan fingerprint density at radius 1 is 1.36 bits per heavy atom. The fourth-order valence-electron chi connectivity index (χ4n) is 2.25. The highest BCUT2D eigenvalue weighted by Crippen LogP contribution is 2.27. The van der Waals surface area contributed by atoms with E-state index in [1.54, 1.807) is 32.4 Å². The van der Waals surface area contributed by atoms with E-state index in [0.717, 1.165) is 16.5 Å². The Labute approximate surface area is 156 Å². The summed E-state index contributed by atoms with van der Waals surface area (Å²) in [5, 5.41) is 4.09. The van der Waals surface area contributed by atoms with Gasteiger partial charge in [0.25, 0.3) is 0 Å². The highest BCUT2D eigenvalue weighted by molar-refractivity contribution is 7.99. The second kappa shape index (κ2) is 9.12. The molecule has 0 aliphatic carbocycles. The van der Waals surface area contributed by atoms with Crippen LogP contribution in [-0.2, 0) is 16.1 Å². The number of nitrogens with zero attached hydrogens (tertiary/aromatic N) is 2. The van der Waals surface area contributed by atoms with Gasteiger partial charge in [-0.05, 0) is 32.0 Å². The van der Waals surface area contributed by atoms with E-state index in [0.29, 0.717) is 29.6 Å². The number of aryl methyl sites for hydroxylation is 1. The third kappa shape index (κ3) is 5.14. The number of ether oxygens (including phenoxy) is 2. The van der Waals surface area contributed by atoms with Gasteiger partial charge in [0.2, 0.25) is 5.91 Å². The van der Waals surface area contributed by atoms with E-state index in [9.17, 15) is 4.79 Å². The lowest BCUT2D eigenvalue weighted by molar-refractivity contribution is -0.113. The van der Waals surface area contributed by atoms with Crippen LogP contribution in [0.25, 0.3) is 0 Å². The maximum atomic E-state index is 12.2. The van der Waals surface area contributed by atoms with Crippen LogP contribution in [-0.4, -0.2) is 42.0 Å². The number of carbonyl (C=O) groups excluding carboxylic acids is 1. The summed E-state index contributed by atoms with van der Waals surface area (Å²) >= 11 is 7.47. The molecule has 0 radical (unpaired) electrons. The fraction of sp³-hybridized carbons (Fsp3) is 0.412. The molecule has 25 heavy (non-hydrogen) atoms. The lowest BCUT2D eigenvalue weighted by Crippen LogP contribution is -2.15. The van der Waals surface area contributed by atoms with Gasteiger partial charge in [-0.2, -0.15) is 0 Å². The summed E-state index contributed by atoms with van der Waals surface area (Å²) in [6, 6.07) is 5.13. The topological polar surface area (TPSA) is 65.4 Å². The molecular weight excluding hydrogens is 362 g/mol. The lowest BCUT2D eigenvalue weighted by atomic mass is 10.3. The molecule has 0 unspecified atom stereocenters. The standard InChI is InChI=1S/C17H22ClN3O3S/c1-11-12(2)21(7-8-23-3)17(19-11)25-10-16(22)20-13-5-6-15(24-4)14(18)9-13/h5-6,9H,7-8,10H2,1-4H3,(H,20,22). The summed E-state index contributed by atoms with van der Waals surface area (Å²) < 4.78 is 12.3. The van der Waals surface area contributed by atoms with E-state index in [1.165, 1.54) is 11.8 Å². The molecule has 0 aliphatic heterocycles. The molecule has 0 spiro atoms. The summed E-state index contributed by atoms with van der Waals surface area (Å²) in [6.45, 7) is 5.28. The second-order valence-electron chi connectivity index (χ2n) is 5.40. The number of hydrogen-bond acceptors (Lipinski definition) is 5. The van der Waals surface area contributed by atoms with Crippen molar-refractivity contribution >= 4 is 35.0 Å². The van der Waals surface area contributed by atoms with Crippen LogP contribution in [0.15, 0.2) is 23.4 Å². The molecular formula is C17H22ClN3O3S. The van der Waals surface area contributed by atoms with Crippen LogP contribution in [0.3, 0.4) is 0 Å². The molecule has 0 bridgehead atoms. The van der Waals surface area contributed by atoms with Gasteiger partial charge in [-0.15, -0.1) is 0 Å². The van der Waals surface area contributed by atoms with E-state index in [-0.39, 0.29) is 11.7 Å². The number of methoxy groups -OCH3 is 2. The molecule has 8 heteroatoms. The van der Waals surface area contributed by atoms with Gasteiger partial charge < -0.3 is 19.4 Å². The second-order valence-corrected chi connectivity index (χ2v) is 6.75. The monoisotopic (exact) mass is 383 g/mol. The Morgan fingerprint density at radius 3 is 2.76 bits per heavy atom. The van der Waals surface area contributed by atoms with Crippen molar-refractivity contribution < 1.29 is 14.3 Å². The summed E-state index contributed by atoms with van der Waals surface area (Å²) in [6.07, 6.45) is 0. The molecule has 0 saturated heterocycles. The van der Waals surface area contributed by atoms with E-state index in [1.807, 2.05) is 13.8 Å². The van der Waals surface area contributed by atoms with Gasteiger partial charge in [-0.25, -0.2) is 4.98 Å². The number of amides is 1. The number of hydrogen-bond donors (Lipinski definition) is 1. The maximum absolute atomic E-state index is 12.2. The van der Waals surface area contributed by atoms with Crippen LogP contribution >= 0.6 is 23.4 Å². The Hall–Kier alpha value is -1.70. The highest BCUT2D eigenvalue weighted by atomic mass is 35.5. The van der Waals surface area contributed by atoms with Crippen molar-refractivity contribution in [3.8, 4) is 5.75 Å². The van der Waals surface area contributed by atoms with Crippen molar-refractivity contribution in [3.63, 3.8) is 0 Å². The van der Waals surface area contributed by atoms with Gasteiger partial charge in [0.15, 0.2) is 5.16 Å². The van der Waals surface area contributed by atoms with E-state index in [2.05, 4.69) is 14.9 Å². The predicted molar refractivity (Wildman–Crippen MR) is 101 cm³/mol. The number of imidazole rings is 1. The maximum Gasteiger partial charge on any atom is 0.234 e. The number of benzene rings is 1. The Bertz CT molecular complexity index is 749. The smallest absolute Gasteiger partial charge is 0.234 e. The molecule has 2 aromatic rings. The number of nitrogens with one attached hydrogen (secondary N) is 1. The van der Waals surface area contributed by atoms with Crippen molar-refractivity contribution in [2.24, 2.45) is 0 Å². The first kappa shape index (κ1) is 19.6. The molecule has 2 rings (SSSR count). The SMILES string of the molecule is COCCn1c(SCC(=O)Nc2ccc(OC)c(Cl)c2)nc(C)c1C. The van der Waals surface area contributed by atoms with Crippen LogP contribution in [0.4, 0.5) is 5.69 Å². The Kier molecular flexibility index (Phi) is 7.16. The van der Waals surface area contributed by atoms with Gasteiger partial charge in [-0.3, -0.25) is 4.79 Å². The number of aromatic nitrogens is 2. The molecule has 1 amide bonds. The van der Waals surface area contributed by atoms with Gasteiger partial charge in [0.1, 0.15) is 5.75 Å². The molecule has 1 N–H and O–H groups in total. The van der Waals surface area contributed by atoms with Crippen LogP contribution in [0.2, 0.25) is 5.02 Å². The lowest BCUT2D eigenvalue weighted by Gasteiger charge is -2.10. The minimum atomic E-state index is -0.122. The summed E-state index contributed by atoms with van der Waals surface area (Å²) in [5.41, 5.74) is 2.68. The molecule has 1 aromatic heterocycles. The first-order valence-corrected chi connectivity index (χ1v) is 9.11. The summed E-state index contributed by atoms with van der Waals surface area (Å²) in [4.78, 5) is 16.7. The molecule has 6 nitrogen and oxygen atoms in total. The minimum Gasteiger partial charge on any atom is -0.495 e. The molecule has 0 atom stereocenters. The third-order valence-electron chi connectivity index (χ3n) is 3.71. The summed E-state index contributed by atoms with van der Waals surface area (Å²) in [5.74, 6) is 0.704. The number of anilines is 1. The zero-order chi connectivity index (χ0) is 18.4. The molecule has 136 valence electrons. The van der Waals surface area contributed by atoms with Crippen LogP contribution in [0, 0.1) is 13.8 Å². The molecule has 1 aromatic carbocycles. The van der Waals surface area contributed by atoms with Crippen LogP contribution < -0.4 is 10.1 Å². The van der Waals surface area contributed by atoms with Crippen molar-refractivity contribution in [2.45, 2.75) is 25.5 Å². The average Bonchev–Trinajstić information content (AvgIpc) is 2.85. The molecule has 0 aliphatic rings. The van der Waals surface area contributed by atoms with Crippen LogP contribution in [0.5, 0.6) is 5.75 Å². The third-order valence-corrected chi connectivity index (χ3v) is 4.98. The van der Waals surface area contributed by atoms with Crippen molar-refractivity contribution in [2.75, 3.05) is 31.9 Å². The zero-order valence-corrected chi connectivity index (χ0v) is 16.3. The number of halogens is 1. The van der Waals surface area contributed by atoms with E-state index in [4.69, 9.17) is 21.1 Å². The number of rotatable bonds is 8. The zero-order valence-electron chi connectivity index (χ0n) is 14.8. The normalized spacial score (nSPS) is 10.8. The van der Waals surface area contributed by atoms with Gasteiger partial charge >= 0.3 is 0 Å². The largest absolute Gasteiger partial charge is 0.495 e. The average molecular weight is 384 g/mol. The minimum absolute atomic E-state index is 0.122. The highest BCUT2D eigenvalue weighted by Gasteiger charge is 2.13. The van der Waals surface area contributed by atoms with Gasteiger partial charge in [0.05, 0.1) is 30.2 Å². The first-order chi connectivity index (χ1) is 12.0. The number of carbonyl (C=O) groups is 1. The van der Waals surface area contributed by atoms with Crippen molar-refractivity contribution in [1.29, 1.82) is 0 Å². The van der Waals surface area contributed by atoms with Gasteiger partial charge in [-0.1, -0.05) is 23.4 Å². The van der Waals surface area contributed by atoms with Crippen molar-refractivity contribution in [1.82, 2.24) is 9.55 Å².